The summed E-state index contributed by atoms with van der Waals surface area (Å²) in [5.74, 6) is 1.61. The monoisotopic (exact) mass is 217 g/mol. The Morgan fingerprint density at radius 3 is 2.86 bits per heavy atom. The first-order valence-corrected chi connectivity index (χ1v) is 6.37. The smallest absolute Gasteiger partial charge is 0.310 e. The van der Waals surface area contributed by atoms with Crippen LogP contribution in [-0.4, -0.2) is 49.6 Å². The van der Waals surface area contributed by atoms with Crippen molar-refractivity contribution < 1.29 is 9.53 Å². The maximum atomic E-state index is 11.4. The van der Waals surface area contributed by atoms with Crippen LogP contribution in [0.25, 0.3) is 0 Å². The topological polar surface area (TPSA) is 29.5 Å². The Kier molecular flexibility index (Phi) is 4.75. The predicted molar refractivity (Wildman–Crippen MR) is 59.5 cm³/mol. The minimum Gasteiger partial charge on any atom is -0.469 e. The molecule has 1 saturated heterocycles. The number of methoxy groups -OCH3 is 1. The van der Waals surface area contributed by atoms with Crippen molar-refractivity contribution in [2.75, 3.05) is 38.8 Å². The Morgan fingerprint density at radius 2 is 2.29 bits per heavy atom. The molecular weight excluding hydrogens is 198 g/mol. The molecule has 1 rings (SSSR count). The largest absolute Gasteiger partial charge is 0.469 e. The van der Waals surface area contributed by atoms with Crippen LogP contribution in [-0.2, 0) is 9.53 Å². The average molecular weight is 217 g/mol. The fourth-order valence-corrected chi connectivity index (χ4v) is 2.37. The summed E-state index contributed by atoms with van der Waals surface area (Å²) >= 11 is 1.85. The molecule has 0 radical (unpaired) electrons. The Balaban J connectivity index is 2.39. The number of thioether (sulfide) groups is 1. The highest BCUT2D eigenvalue weighted by atomic mass is 32.2. The van der Waals surface area contributed by atoms with Crippen molar-refractivity contribution in [3.63, 3.8) is 0 Å². The fourth-order valence-electron chi connectivity index (χ4n) is 1.93. The van der Waals surface area contributed by atoms with Gasteiger partial charge in [-0.3, -0.25) is 4.79 Å². The van der Waals surface area contributed by atoms with Gasteiger partial charge in [0.25, 0.3) is 0 Å². The van der Waals surface area contributed by atoms with Crippen LogP contribution in [0, 0.1) is 11.8 Å². The normalized spacial score (nSPS) is 27.9. The molecule has 3 nitrogen and oxygen atoms in total. The Bertz CT molecular complexity index is 199. The van der Waals surface area contributed by atoms with Gasteiger partial charge in [-0.1, -0.05) is 6.92 Å². The molecule has 0 amide bonds. The van der Waals surface area contributed by atoms with Gasteiger partial charge in [-0.25, -0.2) is 0 Å². The Hall–Kier alpha value is -0.220. The highest BCUT2D eigenvalue weighted by Gasteiger charge is 2.34. The van der Waals surface area contributed by atoms with E-state index in [-0.39, 0.29) is 11.9 Å². The zero-order valence-electron chi connectivity index (χ0n) is 9.16. The lowest BCUT2D eigenvalue weighted by Gasteiger charge is -2.13. The lowest BCUT2D eigenvalue weighted by molar-refractivity contribution is -0.146. The number of hydrogen-bond donors (Lipinski definition) is 0. The number of hydrogen-bond acceptors (Lipinski definition) is 4. The quantitative estimate of drug-likeness (QED) is 0.659. The molecule has 2 atom stereocenters. The minimum atomic E-state index is -0.0517. The van der Waals surface area contributed by atoms with Crippen molar-refractivity contribution in [3.05, 3.63) is 0 Å². The zero-order valence-corrected chi connectivity index (χ0v) is 9.97. The molecule has 1 heterocycles. The molecule has 0 aliphatic carbocycles. The number of likely N-dealkylation sites (tertiary alicyclic amines) is 1. The number of esters is 1. The van der Waals surface area contributed by atoms with Gasteiger partial charge in [0, 0.05) is 25.4 Å². The fraction of sp³-hybridized carbons (Fsp3) is 0.900. The summed E-state index contributed by atoms with van der Waals surface area (Å²) in [7, 11) is 1.47. The molecule has 0 bridgehead atoms. The van der Waals surface area contributed by atoms with Gasteiger partial charge in [0.15, 0.2) is 0 Å². The highest BCUT2D eigenvalue weighted by Crippen LogP contribution is 2.23. The van der Waals surface area contributed by atoms with Crippen LogP contribution in [0.2, 0.25) is 0 Å². The third-order valence-electron chi connectivity index (χ3n) is 2.80. The van der Waals surface area contributed by atoms with Crippen molar-refractivity contribution >= 4 is 17.7 Å². The van der Waals surface area contributed by atoms with Crippen molar-refractivity contribution in [1.29, 1.82) is 0 Å². The maximum absolute atomic E-state index is 11.4. The molecule has 14 heavy (non-hydrogen) atoms. The molecule has 0 aromatic rings. The van der Waals surface area contributed by atoms with Crippen LogP contribution in [0.3, 0.4) is 0 Å². The lowest BCUT2D eigenvalue weighted by atomic mass is 9.99. The standard InChI is InChI=1S/C10H19NO2S/c1-8-6-11(4-5-14-3)7-9(8)10(12)13-2/h8-9H,4-7H2,1-3H3. The van der Waals surface area contributed by atoms with Crippen LogP contribution in [0.15, 0.2) is 0 Å². The first-order valence-electron chi connectivity index (χ1n) is 4.98. The van der Waals surface area contributed by atoms with Crippen molar-refractivity contribution in [1.82, 2.24) is 4.90 Å². The molecule has 1 fully saturated rings. The molecule has 0 saturated carbocycles. The van der Waals surface area contributed by atoms with Crippen molar-refractivity contribution in [2.24, 2.45) is 11.8 Å². The van der Waals surface area contributed by atoms with Gasteiger partial charge in [-0.05, 0) is 12.2 Å². The highest BCUT2D eigenvalue weighted by molar-refractivity contribution is 7.98. The Morgan fingerprint density at radius 1 is 1.57 bits per heavy atom. The van der Waals surface area contributed by atoms with Gasteiger partial charge in [0.05, 0.1) is 13.0 Å². The lowest BCUT2D eigenvalue weighted by Crippen LogP contribution is -2.26. The number of carbonyl (C=O) groups is 1. The molecule has 0 aromatic carbocycles. The third-order valence-corrected chi connectivity index (χ3v) is 3.39. The predicted octanol–water partition coefficient (Wildman–Crippen LogP) is 1.09. The summed E-state index contributed by atoms with van der Waals surface area (Å²) < 4.78 is 4.79. The number of carbonyl (C=O) groups excluding carboxylic acids is 1. The van der Waals surface area contributed by atoms with E-state index in [1.54, 1.807) is 0 Å². The van der Waals surface area contributed by atoms with E-state index in [2.05, 4.69) is 18.1 Å². The van der Waals surface area contributed by atoms with E-state index in [4.69, 9.17) is 4.74 Å². The van der Waals surface area contributed by atoms with Crippen LogP contribution < -0.4 is 0 Å². The summed E-state index contributed by atoms with van der Waals surface area (Å²) in [4.78, 5) is 13.7. The summed E-state index contributed by atoms with van der Waals surface area (Å²) in [5, 5.41) is 0. The first-order chi connectivity index (χ1) is 6.69. The maximum Gasteiger partial charge on any atom is 0.310 e. The molecule has 4 heteroatoms. The van der Waals surface area contributed by atoms with Crippen LogP contribution in [0.4, 0.5) is 0 Å². The van der Waals surface area contributed by atoms with E-state index >= 15 is 0 Å². The van der Waals surface area contributed by atoms with Gasteiger partial charge >= 0.3 is 5.97 Å². The van der Waals surface area contributed by atoms with Crippen LogP contribution in [0.5, 0.6) is 0 Å². The van der Waals surface area contributed by atoms with Gasteiger partial charge < -0.3 is 9.64 Å². The van der Waals surface area contributed by atoms with E-state index in [0.717, 1.165) is 25.4 Å². The van der Waals surface area contributed by atoms with Crippen LogP contribution >= 0.6 is 11.8 Å². The van der Waals surface area contributed by atoms with Crippen molar-refractivity contribution in [3.8, 4) is 0 Å². The van der Waals surface area contributed by atoms with E-state index in [9.17, 15) is 4.79 Å². The van der Waals surface area contributed by atoms with E-state index in [0.29, 0.717) is 5.92 Å². The van der Waals surface area contributed by atoms with E-state index in [1.807, 2.05) is 11.8 Å². The average Bonchev–Trinajstić information content (AvgIpc) is 2.55. The minimum absolute atomic E-state index is 0.0517. The molecule has 82 valence electrons. The second-order valence-corrected chi connectivity index (χ2v) is 4.84. The first kappa shape index (κ1) is 11.9. The summed E-state index contributed by atoms with van der Waals surface area (Å²) in [5.41, 5.74) is 0. The summed E-state index contributed by atoms with van der Waals surface area (Å²) in [6.07, 6.45) is 2.11. The van der Waals surface area contributed by atoms with Crippen molar-refractivity contribution in [2.45, 2.75) is 6.92 Å². The van der Waals surface area contributed by atoms with E-state index in [1.165, 1.54) is 7.11 Å². The SMILES string of the molecule is COC(=O)C1CN(CCSC)CC1C. The molecule has 1 aliphatic rings. The second-order valence-electron chi connectivity index (χ2n) is 3.86. The molecular formula is C10H19NO2S. The zero-order chi connectivity index (χ0) is 10.6. The molecule has 0 aromatic heterocycles. The van der Waals surface area contributed by atoms with Gasteiger partial charge in [-0.15, -0.1) is 0 Å². The van der Waals surface area contributed by atoms with Gasteiger partial charge in [0.1, 0.15) is 0 Å². The second kappa shape index (κ2) is 5.61. The van der Waals surface area contributed by atoms with Crippen LogP contribution in [0.1, 0.15) is 6.92 Å². The van der Waals surface area contributed by atoms with Gasteiger partial charge in [0.2, 0.25) is 0 Å². The summed E-state index contributed by atoms with van der Waals surface area (Å²) in [6, 6.07) is 0. The molecule has 0 N–H and O–H groups in total. The summed E-state index contributed by atoms with van der Waals surface area (Å²) in [6.45, 7) is 5.11. The number of nitrogens with zero attached hydrogens (tertiary/aromatic N) is 1. The molecule has 1 aliphatic heterocycles. The van der Waals surface area contributed by atoms with Gasteiger partial charge in [-0.2, -0.15) is 11.8 Å². The Labute approximate surface area is 90.2 Å². The molecule has 2 unspecified atom stereocenters. The third kappa shape index (κ3) is 2.89. The molecule has 0 spiro atoms. The number of ether oxygens (including phenoxy) is 1. The van der Waals surface area contributed by atoms with E-state index < -0.39 is 0 Å². The number of rotatable bonds is 4.